The number of anilines is 1. The van der Waals surface area contributed by atoms with Crippen LogP contribution in [-0.4, -0.2) is 34.6 Å². The van der Waals surface area contributed by atoms with E-state index < -0.39 is 10.0 Å². The predicted octanol–water partition coefficient (Wildman–Crippen LogP) is 1.90. The molecule has 0 fully saturated rings. The van der Waals surface area contributed by atoms with Crippen LogP contribution in [0.5, 0.6) is 17.2 Å². The second-order valence-corrected chi connectivity index (χ2v) is 7.50. The summed E-state index contributed by atoms with van der Waals surface area (Å²) in [5.74, 6) is 1.23. The molecule has 0 saturated heterocycles. The Morgan fingerprint density at radius 2 is 2.00 bits per heavy atom. The molecular weight excluding hydrogens is 372 g/mol. The molecule has 0 aromatic heterocycles. The van der Waals surface area contributed by atoms with Gasteiger partial charge in [0, 0.05) is 6.54 Å². The number of carbonyl (C=O) groups is 1. The number of carbonyl (C=O) groups excluding carboxylic acids is 1. The van der Waals surface area contributed by atoms with Gasteiger partial charge >= 0.3 is 0 Å². The number of hydrogen-bond donors (Lipinski definition) is 2. The van der Waals surface area contributed by atoms with Crippen LogP contribution in [0.1, 0.15) is 12.5 Å². The Labute approximate surface area is 157 Å². The van der Waals surface area contributed by atoms with Crippen LogP contribution >= 0.6 is 0 Å². The summed E-state index contributed by atoms with van der Waals surface area (Å²) in [4.78, 5) is 11.4. The van der Waals surface area contributed by atoms with Gasteiger partial charge in [-0.05, 0) is 42.8 Å². The number of fused-ring (bicyclic) bond motifs is 1. The number of ether oxygens (including phenoxy) is 3. The Morgan fingerprint density at radius 3 is 2.74 bits per heavy atom. The molecule has 1 amide bonds. The van der Waals surface area contributed by atoms with E-state index in [0.717, 1.165) is 0 Å². The Morgan fingerprint density at radius 1 is 1.19 bits per heavy atom. The van der Waals surface area contributed by atoms with Crippen molar-refractivity contribution in [3.63, 3.8) is 0 Å². The van der Waals surface area contributed by atoms with Crippen molar-refractivity contribution in [2.24, 2.45) is 0 Å². The highest BCUT2D eigenvalue weighted by Gasteiger charge is 2.21. The van der Waals surface area contributed by atoms with Crippen molar-refractivity contribution in [2.75, 3.05) is 25.6 Å². The maximum atomic E-state index is 12.6. The maximum absolute atomic E-state index is 12.6. The Balaban J connectivity index is 1.75. The van der Waals surface area contributed by atoms with Crippen LogP contribution in [0.2, 0.25) is 0 Å². The first-order valence-corrected chi connectivity index (χ1v) is 9.77. The third-order valence-electron chi connectivity index (χ3n) is 3.89. The average Bonchev–Trinajstić information content (AvgIpc) is 2.66. The predicted molar refractivity (Wildman–Crippen MR) is 98.8 cm³/mol. The fourth-order valence-corrected chi connectivity index (χ4v) is 3.63. The highest BCUT2D eigenvalue weighted by Crippen LogP contribution is 2.30. The smallest absolute Gasteiger partial charge is 0.262 e. The molecule has 0 spiro atoms. The molecule has 0 radical (unpaired) electrons. The summed E-state index contributed by atoms with van der Waals surface area (Å²) in [5.41, 5.74) is 1.05. The van der Waals surface area contributed by atoms with Crippen LogP contribution in [0.25, 0.3) is 0 Å². The molecule has 0 atom stereocenters. The van der Waals surface area contributed by atoms with E-state index in [1.165, 1.54) is 25.3 Å². The number of amides is 1. The minimum atomic E-state index is -3.78. The van der Waals surface area contributed by atoms with Gasteiger partial charge in [0.25, 0.3) is 5.91 Å². The van der Waals surface area contributed by atoms with Gasteiger partial charge in [-0.15, -0.1) is 0 Å². The minimum absolute atomic E-state index is 0.0324. The second kappa shape index (κ2) is 7.85. The number of nitrogens with one attached hydrogen (secondary N) is 2. The second-order valence-electron chi connectivity index (χ2n) is 5.74. The summed E-state index contributed by atoms with van der Waals surface area (Å²) >= 11 is 0. The largest absolute Gasteiger partial charge is 0.493 e. The number of hydrogen-bond acceptors (Lipinski definition) is 6. The summed E-state index contributed by atoms with van der Waals surface area (Å²) in [6, 6.07) is 9.53. The molecule has 27 heavy (non-hydrogen) atoms. The fraction of sp³-hybridized carbons (Fsp3) is 0.278. The summed E-state index contributed by atoms with van der Waals surface area (Å²) in [7, 11) is -2.26. The average molecular weight is 392 g/mol. The highest BCUT2D eigenvalue weighted by atomic mass is 32.2. The normalized spacial score (nSPS) is 13.3. The molecule has 0 bridgehead atoms. The molecule has 9 heteroatoms. The lowest BCUT2D eigenvalue weighted by Gasteiger charge is -2.18. The van der Waals surface area contributed by atoms with Crippen LogP contribution in [0, 0.1) is 0 Å². The molecule has 8 nitrogen and oxygen atoms in total. The maximum Gasteiger partial charge on any atom is 0.262 e. The monoisotopic (exact) mass is 392 g/mol. The van der Waals surface area contributed by atoms with Gasteiger partial charge in [0.2, 0.25) is 10.0 Å². The lowest BCUT2D eigenvalue weighted by Crippen LogP contribution is -2.27. The SMILES string of the molecule is CCOc1ccc(CNS(=O)(=O)c2ccc3c(c2)NC(=O)CO3)cc1OC. The van der Waals surface area contributed by atoms with Gasteiger partial charge in [-0.3, -0.25) is 4.79 Å². The zero-order chi connectivity index (χ0) is 19.4. The van der Waals surface area contributed by atoms with E-state index in [4.69, 9.17) is 14.2 Å². The van der Waals surface area contributed by atoms with E-state index in [1.807, 2.05) is 6.92 Å². The molecule has 2 aromatic carbocycles. The molecule has 144 valence electrons. The van der Waals surface area contributed by atoms with Crippen molar-refractivity contribution < 1.29 is 27.4 Å². The Bertz CT molecular complexity index is 958. The van der Waals surface area contributed by atoms with Crippen molar-refractivity contribution in [1.82, 2.24) is 4.72 Å². The first-order chi connectivity index (χ1) is 12.9. The Hall–Kier alpha value is -2.78. The summed E-state index contributed by atoms with van der Waals surface area (Å²) in [5, 5.41) is 2.59. The van der Waals surface area contributed by atoms with E-state index in [1.54, 1.807) is 18.2 Å². The lowest BCUT2D eigenvalue weighted by atomic mass is 10.2. The summed E-state index contributed by atoms with van der Waals surface area (Å²) in [6.45, 7) is 2.36. The number of rotatable bonds is 7. The number of benzene rings is 2. The van der Waals surface area contributed by atoms with Gasteiger partial charge in [0.05, 0.1) is 24.3 Å². The first kappa shape index (κ1) is 19.0. The van der Waals surface area contributed by atoms with Gasteiger partial charge in [-0.2, -0.15) is 0 Å². The zero-order valence-corrected chi connectivity index (χ0v) is 15.8. The molecule has 2 aromatic rings. The lowest BCUT2D eigenvalue weighted by molar-refractivity contribution is -0.118. The molecule has 1 heterocycles. The Kier molecular flexibility index (Phi) is 5.52. The molecule has 2 N–H and O–H groups in total. The molecule has 1 aliphatic heterocycles. The molecule has 0 aliphatic carbocycles. The number of sulfonamides is 1. The number of methoxy groups -OCH3 is 1. The third-order valence-corrected chi connectivity index (χ3v) is 5.29. The minimum Gasteiger partial charge on any atom is -0.493 e. The topological polar surface area (TPSA) is 103 Å². The van der Waals surface area contributed by atoms with E-state index in [9.17, 15) is 13.2 Å². The van der Waals surface area contributed by atoms with Crippen molar-refractivity contribution >= 4 is 21.6 Å². The molecule has 0 unspecified atom stereocenters. The van der Waals surface area contributed by atoms with Gasteiger partial charge in [0.1, 0.15) is 5.75 Å². The van der Waals surface area contributed by atoms with Crippen LogP contribution in [0.15, 0.2) is 41.3 Å². The van der Waals surface area contributed by atoms with E-state index in [2.05, 4.69) is 10.0 Å². The van der Waals surface area contributed by atoms with Gasteiger partial charge in [-0.25, -0.2) is 13.1 Å². The van der Waals surface area contributed by atoms with E-state index >= 15 is 0 Å². The van der Waals surface area contributed by atoms with Gasteiger partial charge < -0.3 is 19.5 Å². The molecule has 3 rings (SSSR count). The van der Waals surface area contributed by atoms with Crippen molar-refractivity contribution in [3.8, 4) is 17.2 Å². The summed E-state index contributed by atoms with van der Waals surface area (Å²) < 4.78 is 43.6. The standard InChI is InChI=1S/C18H20N2O6S/c1-3-25-16-6-4-12(8-17(16)24-2)10-19-27(22,23)13-5-7-15-14(9-13)20-18(21)11-26-15/h4-9,19H,3,10-11H2,1-2H3,(H,20,21). The molecular formula is C18H20N2O6S. The quantitative estimate of drug-likeness (QED) is 0.746. The van der Waals surface area contributed by atoms with Crippen LogP contribution in [0.3, 0.4) is 0 Å². The molecule has 1 aliphatic rings. The van der Waals surface area contributed by atoms with Crippen LogP contribution in [0.4, 0.5) is 5.69 Å². The van der Waals surface area contributed by atoms with E-state index in [-0.39, 0.29) is 24.0 Å². The molecule has 0 saturated carbocycles. The zero-order valence-electron chi connectivity index (χ0n) is 14.9. The van der Waals surface area contributed by atoms with Gasteiger partial charge in [0.15, 0.2) is 18.1 Å². The fourth-order valence-electron chi connectivity index (χ4n) is 2.59. The first-order valence-electron chi connectivity index (χ1n) is 8.29. The van der Waals surface area contributed by atoms with Crippen LogP contribution in [-0.2, 0) is 21.4 Å². The van der Waals surface area contributed by atoms with E-state index in [0.29, 0.717) is 35.1 Å². The van der Waals surface area contributed by atoms with Crippen molar-refractivity contribution in [3.05, 3.63) is 42.0 Å². The highest BCUT2D eigenvalue weighted by molar-refractivity contribution is 7.89. The van der Waals surface area contributed by atoms with Gasteiger partial charge in [-0.1, -0.05) is 6.07 Å². The third kappa shape index (κ3) is 4.32. The van der Waals surface area contributed by atoms with Crippen LogP contribution < -0.4 is 24.2 Å². The van der Waals surface area contributed by atoms with Crippen molar-refractivity contribution in [1.29, 1.82) is 0 Å². The van der Waals surface area contributed by atoms with Crippen molar-refractivity contribution in [2.45, 2.75) is 18.4 Å². The summed E-state index contributed by atoms with van der Waals surface area (Å²) in [6.07, 6.45) is 0.